The Morgan fingerprint density at radius 2 is 2.18 bits per heavy atom. The maximum absolute atomic E-state index is 8.98. The molecule has 1 atom stereocenters. The highest BCUT2D eigenvalue weighted by Crippen LogP contribution is 2.29. The molecular weight excluding hydrogens is 142 g/mol. The van der Waals surface area contributed by atoms with Crippen LogP contribution in [0, 0.1) is 0 Å². The molecule has 0 bridgehead atoms. The van der Waals surface area contributed by atoms with E-state index < -0.39 is 6.29 Å². The van der Waals surface area contributed by atoms with Gasteiger partial charge >= 0.3 is 0 Å². The molecule has 3 heteroatoms. The fourth-order valence-corrected chi connectivity index (χ4v) is 0.968. The number of rotatable bonds is 0. The first-order valence-corrected chi connectivity index (χ1v) is 3.34. The van der Waals surface area contributed by atoms with E-state index in [2.05, 4.69) is 4.99 Å². The minimum Gasteiger partial charge on any atom is -0.458 e. The van der Waals surface area contributed by atoms with E-state index in [1.165, 1.54) is 6.21 Å². The highest BCUT2D eigenvalue weighted by molar-refractivity contribution is 5.72. The molecule has 0 saturated heterocycles. The van der Waals surface area contributed by atoms with Crippen LogP contribution >= 0.6 is 0 Å². The van der Waals surface area contributed by atoms with Crippen LogP contribution in [0.15, 0.2) is 29.3 Å². The summed E-state index contributed by atoms with van der Waals surface area (Å²) in [7, 11) is 0. The van der Waals surface area contributed by atoms with Crippen molar-refractivity contribution in [2.45, 2.75) is 6.29 Å². The van der Waals surface area contributed by atoms with Gasteiger partial charge in [-0.25, -0.2) is 0 Å². The third-order valence-electron chi connectivity index (χ3n) is 1.45. The molecule has 0 spiro atoms. The molecule has 0 saturated carbocycles. The molecule has 1 aliphatic rings. The normalized spacial score (nSPS) is 20.6. The zero-order valence-corrected chi connectivity index (χ0v) is 5.77. The predicted molar refractivity (Wildman–Crippen MR) is 41.2 cm³/mol. The molecule has 11 heavy (non-hydrogen) atoms. The van der Waals surface area contributed by atoms with Gasteiger partial charge in [0.1, 0.15) is 11.4 Å². The predicted octanol–water partition coefficient (Wildman–Crippen LogP) is 1.10. The molecule has 1 N–H and O–H groups in total. The van der Waals surface area contributed by atoms with Gasteiger partial charge in [0.25, 0.3) is 0 Å². The monoisotopic (exact) mass is 149 g/mol. The van der Waals surface area contributed by atoms with Crippen LogP contribution in [0.25, 0.3) is 0 Å². The Hall–Kier alpha value is -1.35. The van der Waals surface area contributed by atoms with Crippen molar-refractivity contribution in [1.82, 2.24) is 0 Å². The highest BCUT2D eigenvalue weighted by atomic mass is 16.6. The number of aliphatic hydroxyl groups excluding tert-OH is 1. The van der Waals surface area contributed by atoms with Crippen LogP contribution in [0.5, 0.6) is 5.75 Å². The Morgan fingerprint density at radius 1 is 1.36 bits per heavy atom. The average molecular weight is 149 g/mol. The molecule has 0 amide bonds. The summed E-state index contributed by atoms with van der Waals surface area (Å²) in [6.45, 7) is 0. The number of hydrogen-bond acceptors (Lipinski definition) is 3. The van der Waals surface area contributed by atoms with Crippen molar-refractivity contribution in [3.63, 3.8) is 0 Å². The SMILES string of the molecule is OC1C=Nc2ccccc2O1. The highest BCUT2D eigenvalue weighted by Gasteiger charge is 2.10. The summed E-state index contributed by atoms with van der Waals surface area (Å²) < 4.78 is 5.04. The van der Waals surface area contributed by atoms with Gasteiger partial charge in [-0.1, -0.05) is 12.1 Å². The first-order valence-electron chi connectivity index (χ1n) is 3.34. The van der Waals surface area contributed by atoms with E-state index in [0.29, 0.717) is 5.75 Å². The van der Waals surface area contributed by atoms with Crippen LogP contribution in [-0.4, -0.2) is 17.6 Å². The van der Waals surface area contributed by atoms with Gasteiger partial charge in [-0.2, -0.15) is 0 Å². The summed E-state index contributed by atoms with van der Waals surface area (Å²) >= 11 is 0. The molecule has 1 unspecified atom stereocenters. The third-order valence-corrected chi connectivity index (χ3v) is 1.45. The van der Waals surface area contributed by atoms with E-state index in [9.17, 15) is 0 Å². The average Bonchev–Trinajstić information content (AvgIpc) is 2.04. The summed E-state index contributed by atoms with van der Waals surface area (Å²) in [6.07, 6.45) is 0.465. The van der Waals surface area contributed by atoms with Crippen LogP contribution in [0.2, 0.25) is 0 Å². The Kier molecular flexibility index (Phi) is 1.36. The van der Waals surface area contributed by atoms with E-state index in [-0.39, 0.29) is 0 Å². The van der Waals surface area contributed by atoms with Crippen LogP contribution in [-0.2, 0) is 0 Å². The number of hydrogen-bond donors (Lipinski definition) is 1. The molecule has 0 fully saturated rings. The summed E-state index contributed by atoms with van der Waals surface area (Å²) in [6, 6.07) is 7.32. The minimum absolute atomic E-state index is 0.627. The molecular formula is C8H7NO2. The van der Waals surface area contributed by atoms with Crippen molar-refractivity contribution in [2.24, 2.45) is 4.99 Å². The topological polar surface area (TPSA) is 41.8 Å². The minimum atomic E-state index is -0.898. The van der Waals surface area contributed by atoms with E-state index in [1.807, 2.05) is 18.2 Å². The first-order chi connectivity index (χ1) is 5.36. The molecule has 0 aromatic heterocycles. The summed E-state index contributed by atoms with van der Waals surface area (Å²) in [5.74, 6) is 0.627. The molecule has 0 radical (unpaired) electrons. The number of nitrogens with zero attached hydrogens (tertiary/aromatic N) is 1. The number of aliphatic imine (C=N–C) groups is 1. The van der Waals surface area contributed by atoms with Crippen LogP contribution < -0.4 is 4.74 Å². The smallest absolute Gasteiger partial charge is 0.234 e. The molecule has 2 rings (SSSR count). The lowest BCUT2D eigenvalue weighted by Crippen LogP contribution is -2.19. The van der Waals surface area contributed by atoms with Gasteiger partial charge in [0.05, 0.1) is 6.21 Å². The second-order valence-electron chi connectivity index (χ2n) is 2.25. The van der Waals surface area contributed by atoms with Crippen LogP contribution in [0.4, 0.5) is 5.69 Å². The van der Waals surface area contributed by atoms with Crippen molar-refractivity contribution in [3.05, 3.63) is 24.3 Å². The van der Waals surface area contributed by atoms with Gasteiger partial charge in [0.2, 0.25) is 6.29 Å². The molecule has 1 aromatic rings. The maximum atomic E-state index is 8.98. The Balaban J connectivity index is 2.46. The lowest BCUT2D eigenvalue weighted by molar-refractivity contribution is 0.0442. The Bertz CT molecular complexity index is 296. The fraction of sp³-hybridized carbons (Fsp3) is 0.125. The number of aliphatic hydroxyl groups is 1. The maximum Gasteiger partial charge on any atom is 0.234 e. The second kappa shape index (κ2) is 2.36. The quantitative estimate of drug-likeness (QED) is 0.600. The Morgan fingerprint density at radius 3 is 3.09 bits per heavy atom. The lowest BCUT2D eigenvalue weighted by atomic mass is 10.3. The summed E-state index contributed by atoms with van der Waals surface area (Å²) in [4.78, 5) is 3.97. The van der Waals surface area contributed by atoms with E-state index >= 15 is 0 Å². The molecule has 56 valence electrons. The zero-order valence-electron chi connectivity index (χ0n) is 5.77. The second-order valence-corrected chi connectivity index (χ2v) is 2.25. The lowest BCUT2D eigenvalue weighted by Gasteiger charge is -2.15. The van der Waals surface area contributed by atoms with Crippen LogP contribution in [0.3, 0.4) is 0 Å². The molecule has 3 nitrogen and oxygen atoms in total. The standard InChI is InChI=1S/C8H7NO2/c10-8-5-9-6-3-1-2-4-7(6)11-8/h1-5,8,10H. The van der Waals surface area contributed by atoms with E-state index in [0.717, 1.165) is 5.69 Å². The van der Waals surface area contributed by atoms with Gasteiger partial charge in [-0.3, -0.25) is 4.99 Å². The van der Waals surface area contributed by atoms with Gasteiger partial charge in [0.15, 0.2) is 0 Å². The number of fused-ring (bicyclic) bond motifs is 1. The zero-order chi connectivity index (χ0) is 7.68. The van der Waals surface area contributed by atoms with Crippen molar-refractivity contribution in [3.8, 4) is 5.75 Å². The van der Waals surface area contributed by atoms with Crippen molar-refractivity contribution >= 4 is 11.9 Å². The fourth-order valence-electron chi connectivity index (χ4n) is 0.968. The summed E-state index contributed by atoms with van der Waals surface area (Å²) in [5, 5.41) is 8.98. The van der Waals surface area contributed by atoms with E-state index in [1.54, 1.807) is 6.07 Å². The molecule has 0 aliphatic carbocycles. The van der Waals surface area contributed by atoms with Gasteiger partial charge in [-0.05, 0) is 12.1 Å². The molecule has 1 heterocycles. The van der Waals surface area contributed by atoms with Gasteiger partial charge in [-0.15, -0.1) is 0 Å². The largest absolute Gasteiger partial charge is 0.458 e. The van der Waals surface area contributed by atoms with Gasteiger partial charge < -0.3 is 9.84 Å². The van der Waals surface area contributed by atoms with Crippen LogP contribution in [0.1, 0.15) is 0 Å². The van der Waals surface area contributed by atoms with Crippen molar-refractivity contribution in [1.29, 1.82) is 0 Å². The first kappa shape index (κ1) is 6.37. The van der Waals surface area contributed by atoms with Crippen molar-refractivity contribution in [2.75, 3.05) is 0 Å². The molecule has 1 aromatic carbocycles. The molecule has 1 aliphatic heterocycles. The summed E-state index contributed by atoms with van der Waals surface area (Å²) in [5.41, 5.74) is 0.762. The number of para-hydroxylation sites is 2. The van der Waals surface area contributed by atoms with Crippen molar-refractivity contribution < 1.29 is 9.84 Å². The third kappa shape index (κ3) is 1.10. The van der Waals surface area contributed by atoms with E-state index in [4.69, 9.17) is 9.84 Å². The van der Waals surface area contributed by atoms with Gasteiger partial charge in [0, 0.05) is 0 Å². The number of ether oxygens (including phenoxy) is 1. The number of benzene rings is 1. The Labute approximate surface area is 64.0 Å².